The molecule has 19 heavy (non-hydrogen) atoms. The Kier molecular flexibility index (Phi) is 4.93. The summed E-state index contributed by atoms with van der Waals surface area (Å²) < 4.78 is 18.4. The minimum atomic E-state index is -0.460. The summed E-state index contributed by atoms with van der Waals surface area (Å²) in [6.07, 6.45) is 4.75. The van der Waals surface area contributed by atoms with E-state index in [0.29, 0.717) is 19.8 Å². The van der Waals surface area contributed by atoms with Gasteiger partial charge in [-0.25, -0.2) is 0 Å². The maximum atomic E-state index is 8.63. The number of ether oxygens (including phenoxy) is 3. The number of aliphatic hydroxyl groups excluding tert-OH is 1. The van der Waals surface area contributed by atoms with Crippen molar-refractivity contribution >= 4 is 0 Å². The Morgan fingerprint density at radius 3 is 3.11 bits per heavy atom. The average Bonchev–Trinajstić information content (AvgIpc) is 2.94. The van der Waals surface area contributed by atoms with Gasteiger partial charge in [0.2, 0.25) is 0 Å². The van der Waals surface area contributed by atoms with E-state index in [1.807, 2.05) is 24.7 Å². The highest BCUT2D eigenvalue weighted by Gasteiger charge is 2.32. The predicted octanol–water partition coefficient (Wildman–Crippen LogP) is 0.934. The molecule has 1 aromatic heterocycles. The van der Waals surface area contributed by atoms with Crippen LogP contribution in [0.3, 0.4) is 0 Å². The van der Waals surface area contributed by atoms with E-state index in [1.54, 1.807) is 6.20 Å². The Morgan fingerprint density at radius 2 is 2.42 bits per heavy atom. The number of nitrogens with zero attached hydrogens (tertiary/aromatic N) is 2. The normalized spacial score (nSPS) is 21.9. The third-order valence-corrected chi connectivity index (χ3v) is 2.94. The second-order valence-electron chi connectivity index (χ2n) is 5.13. The molecular formula is C13H22N2O4. The largest absolute Gasteiger partial charge is 0.394 e. The topological polar surface area (TPSA) is 65.7 Å². The number of hydrogen-bond acceptors (Lipinski definition) is 5. The SMILES string of the molecule is CC1(C)OCC(CCn2cc(COCCO)cn2)O1. The molecule has 0 amide bonds. The molecule has 1 aliphatic heterocycles. The molecule has 0 spiro atoms. The van der Waals surface area contributed by atoms with Crippen LogP contribution in [0.2, 0.25) is 0 Å². The molecular weight excluding hydrogens is 248 g/mol. The van der Waals surface area contributed by atoms with E-state index >= 15 is 0 Å². The van der Waals surface area contributed by atoms with Crippen LogP contribution in [-0.2, 0) is 27.4 Å². The minimum Gasteiger partial charge on any atom is -0.394 e. The van der Waals surface area contributed by atoms with Gasteiger partial charge in [0.05, 0.1) is 38.7 Å². The van der Waals surface area contributed by atoms with Crippen LogP contribution >= 0.6 is 0 Å². The molecule has 2 heterocycles. The van der Waals surface area contributed by atoms with Gasteiger partial charge in [-0.05, 0) is 20.3 Å². The Morgan fingerprint density at radius 1 is 1.58 bits per heavy atom. The van der Waals surface area contributed by atoms with Crippen molar-refractivity contribution in [3.8, 4) is 0 Å². The molecule has 6 heteroatoms. The van der Waals surface area contributed by atoms with Crippen LogP contribution < -0.4 is 0 Å². The van der Waals surface area contributed by atoms with Gasteiger partial charge in [-0.15, -0.1) is 0 Å². The molecule has 1 N–H and O–H groups in total. The summed E-state index contributed by atoms with van der Waals surface area (Å²) >= 11 is 0. The van der Waals surface area contributed by atoms with Crippen molar-refractivity contribution in [3.05, 3.63) is 18.0 Å². The number of aliphatic hydroxyl groups is 1. The van der Waals surface area contributed by atoms with Crippen molar-refractivity contribution in [1.82, 2.24) is 9.78 Å². The second-order valence-corrected chi connectivity index (χ2v) is 5.13. The molecule has 2 rings (SSSR count). The zero-order valence-electron chi connectivity index (χ0n) is 11.5. The van der Waals surface area contributed by atoms with Gasteiger partial charge in [0, 0.05) is 18.3 Å². The van der Waals surface area contributed by atoms with Crippen LogP contribution in [0.4, 0.5) is 0 Å². The van der Waals surface area contributed by atoms with E-state index in [-0.39, 0.29) is 12.7 Å². The first-order valence-corrected chi connectivity index (χ1v) is 6.61. The first-order valence-electron chi connectivity index (χ1n) is 6.61. The number of aromatic nitrogens is 2. The lowest BCUT2D eigenvalue weighted by Crippen LogP contribution is -2.22. The van der Waals surface area contributed by atoms with Gasteiger partial charge >= 0.3 is 0 Å². The summed E-state index contributed by atoms with van der Waals surface area (Å²) in [5, 5.41) is 12.9. The highest BCUT2D eigenvalue weighted by atomic mass is 16.7. The summed E-state index contributed by atoms with van der Waals surface area (Å²) in [4.78, 5) is 0. The zero-order valence-corrected chi connectivity index (χ0v) is 11.5. The molecule has 1 saturated heterocycles. The maximum absolute atomic E-state index is 8.63. The summed E-state index contributed by atoms with van der Waals surface area (Å²) in [5.74, 6) is -0.460. The number of aryl methyl sites for hydroxylation is 1. The molecule has 1 atom stereocenters. The van der Waals surface area contributed by atoms with Crippen LogP contribution in [0.5, 0.6) is 0 Å². The Labute approximate surface area is 113 Å². The highest BCUT2D eigenvalue weighted by molar-refractivity contribution is 5.01. The molecule has 6 nitrogen and oxygen atoms in total. The van der Waals surface area contributed by atoms with E-state index in [0.717, 1.165) is 18.5 Å². The van der Waals surface area contributed by atoms with Crippen LogP contribution in [0.25, 0.3) is 0 Å². The highest BCUT2D eigenvalue weighted by Crippen LogP contribution is 2.24. The van der Waals surface area contributed by atoms with E-state index in [4.69, 9.17) is 19.3 Å². The zero-order chi connectivity index (χ0) is 13.7. The van der Waals surface area contributed by atoms with Gasteiger partial charge in [-0.3, -0.25) is 4.68 Å². The first kappa shape index (κ1) is 14.5. The van der Waals surface area contributed by atoms with Gasteiger partial charge in [-0.1, -0.05) is 0 Å². The minimum absolute atomic E-state index is 0.0446. The summed E-state index contributed by atoms with van der Waals surface area (Å²) in [6.45, 7) is 6.17. The number of hydrogen-bond donors (Lipinski definition) is 1. The van der Waals surface area contributed by atoms with E-state index in [2.05, 4.69) is 5.10 Å². The molecule has 1 aliphatic rings. The Hall–Kier alpha value is -0.950. The van der Waals surface area contributed by atoms with Crippen LogP contribution in [0.15, 0.2) is 12.4 Å². The van der Waals surface area contributed by atoms with Crippen molar-refractivity contribution in [2.75, 3.05) is 19.8 Å². The summed E-state index contributed by atoms with van der Waals surface area (Å²) in [7, 11) is 0. The molecule has 0 radical (unpaired) electrons. The standard InChI is InChI=1S/C13H22N2O4/c1-13(2)18-10-12(19-13)3-4-15-8-11(7-14-15)9-17-6-5-16/h7-8,12,16H,3-6,9-10H2,1-2H3. The van der Waals surface area contributed by atoms with Crippen LogP contribution in [0, 0.1) is 0 Å². The molecule has 0 aliphatic carbocycles. The quantitative estimate of drug-likeness (QED) is 0.747. The van der Waals surface area contributed by atoms with E-state index in [9.17, 15) is 0 Å². The smallest absolute Gasteiger partial charge is 0.163 e. The van der Waals surface area contributed by atoms with Crippen molar-refractivity contribution in [2.45, 2.75) is 45.3 Å². The molecule has 1 aromatic rings. The fraction of sp³-hybridized carbons (Fsp3) is 0.769. The lowest BCUT2D eigenvalue weighted by molar-refractivity contribution is -0.139. The molecule has 1 unspecified atom stereocenters. The van der Waals surface area contributed by atoms with Crippen molar-refractivity contribution in [2.24, 2.45) is 0 Å². The van der Waals surface area contributed by atoms with Gasteiger partial charge in [0.15, 0.2) is 5.79 Å². The first-order chi connectivity index (χ1) is 9.09. The third-order valence-electron chi connectivity index (χ3n) is 2.94. The summed E-state index contributed by atoms with van der Waals surface area (Å²) in [5.41, 5.74) is 1.01. The van der Waals surface area contributed by atoms with Gasteiger partial charge in [-0.2, -0.15) is 5.10 Å². The second kappa shape index (κ2) is 6.47. The predicted molar refractivity (Wildman–Crippen MR) is 68.5 cm³/mol. The van der Waals surface area contributed by atoms with Crippen LogP contribution in [-0.4, -0.2) is 46.6 Å². The Bertz CT molecular complexity index is 392. The lowest BCUT2D eigenvalue weighted by atomic mass is 10.2. The molecule has 0 bridgehead atoms. The average molecular weight is 270 g/mol. The Balaban J connectivity index is 1.71. The molecule has 0 aromatic carbocycles. The van der Waals surface area contributed by atoms with Gasteiger partial charge in [0.1, 0.15) is 0 Å². The summed E-state index contributed by atoms with van der Waals surface area (Å²) in [6, 6.07) is 0. The van der Waals surface area contributed by atoms with Crippen molar-refractivity contribution in [3.63, 3.8) is 0 Å². The lowest BCUT2D eigenvalue weighted by Gasteiger charge is -2.16. The van der Waals surface area contributed by atoms with Gasteiger partial charge < -0.3 is 19.3 Å². The fourth-order valence-electron chi connectivity index (χ4n) is 2.04. The third kappa shape index (κ3) is 4.58. The fourth-order valence-corrected chi connectivity index (χ4v) is 2.04. The number of rotatable bonds is 7. The van der Waals surface area contributed by atoms with E-state index < -0.39 is 5.79 Å². The van der Waals surface area contributed by atoms with E-state index in [1.165, 1.54) is 0 Å². The van der Waals surface area contributed by atoms with Crippen LogP contribution in [0.1, 0.15) is 25.8 Å². The van der Waals surface area contributed by atoms with Gasteiger partial charge in [0.25, 0.3) is 0 Å². The van der Waals surface area contributed by atoms with Crippen molar-refractivity contribution < 1.29 is 19.3 Å². The molecule has 108 valence electrons. The maximum Gasteiger partial charge on any atom is 0.163 e. The monoisotopic (exact) mass is 270 g/mol. The molecule has 0 saturated carbocycles. The molecule has 1 fully saturated rings. The van der Waals surface area contributed by atoms with Crippen molar-refractivity contribution in [1.29, 1.82) is 0 Å².